The van der Waals surface area contributed by atoms with Crippen molar-refractivity contribution in [1.29, 1.82) is 5.26 Å². The van der Waals surface area contributed by atoms with Gasteiger partial charge in [-0.05, 0) is 61.7 Å². The maximum absolute atomic E-state index is 12.7. The number of amides is 1. The summed E-state index contributed by atoms with van der Waals surface area (Å²) in [6.45, 7) is 5.22. The molecule has 2 aromatic carbocycles. The summed E-state index contributed by atoms with van der Waals surface area (Å²) < 4.78 is 5.90. The summed E-state index contributed by atoms with van der Waals surface area (Å²) >= 11 is 0. The third-order valence-electron chi connectivity index (χ3n) is 5.02. The van der Waals surface area contributed by atoms with Crippen molar-refractivity contribution in [3.63, 3.8) is 0 Å². The number of aromatic nitrogens is 1. The first-order chi connectivity index (χ1) is 14.5. The molecule has 0 saturated carbocycles. The Kier molecular flexibility index (Phi) is 6.28. The molecule has 1 N–H and O–H groups in total. The molecule has 0 aliphatic heterocycles. The van der Waals surface area contributed by atoms with E-state index in [2.05, 4.69) is 22.8 Å². The van der Waals surface area contributed by atoms with Gasteiger partial charge in [0.15, 0.2) is 0 Å². The largest absolute Gasteiger partial charge is 0.457 e. The molecule has 1 amide bonds. The smallest absolute Gasteiger partial charge is 0.248 e. The van der Waals surface area contributed by atoms with Crippen LogP contribution in [0.3, 0.4) is 0 Å². The van der Waals surface area contributed by atoms with E-state index in [-0.39, 0.29) is 5.91 Å². The van der Waals surface area contributed by atoms with Crippen molar-refractivity contribution in [3.8, 4) is 17.6 Å². The Balaban J connectivity index is 1.83. The molecule has 0 saturated heterocycles. The van der Waals surface area contributed by atoms with Crippen LogP contribution in [0.2, 0.25) is 0 Å². The van der Waals surface area contributed by atoms with Gasteiger partial charge < -0.3 is 14.6 Å². The number of likely N-dealkylation sites (N-methyl/N-ethyl adjacent to an activating group) is 1. The van der Waals surface area contributed by atoms with Crippen LogP contribution in [-0.4, -0.2) is 47.9 Å². The number of H-pyrrole nitrogens is 1. The summed E-state index contributed by atoms with van der Waals surface area (Å²) in [6, 6.07) is 13.3. The van der Waals surface area contributed by atoms with Gasteiger partial charge in [-0.25, -0.2) is 0 Å². The summed E-state index contributed by atoms with van der Waals surface area (Å²) in [5.41, 5.74) is 2.38. The zero-order chi connectivity index (χ0) is 21.7. The molecule has 152 valence electrons. The van der Waals surface area contributed by atoms with Crippen LogP contribution in [0.5, 0.6) is 11.5 Å². The highest BCUT2D eigenvalue weighted by molar-refractivity contribution is 5.87. The molecule has 3 aromatic rings. The van der Waals surface area contributed by atoms with E-state index in [4.69, 9.17) is 10.00 Å². The zero-order valence-electron chi connectivity index (χ0n) is 16.8. The van der Waals surface area contributed by atoms with Crippen molar-refractivity contribution < 1.29 is 14.3 Å². The molecule has 0 aliphatic carbocycles. The molecule has 0 spiro atoms. The van der Waals surface area contributed by atoms with Gasteiger partial charge >= 0.3 is 0 Å². The SMILES string of the molecule is C=NC(Cc1c[nH]c2ccc(Oc3ccc(C=O)cc3)cc12)C(=O)N(C)C(C)C#N. The normalized spacial score (nSPS) is 12.6. The van der Waals surface area contributed by atoms with Gasteiger partial charge in [-0.2, -0.15) is 5.26 Å². The van der Waals surface area contributed by atoms with E-state index in [0.29, 0.717) is 23.5 Å². The first-order valence-electron chi connectivity index (χ1n) is 9.42. The van der Waals surface area contributed by atoms with Gasteiger partial charge in [0.05, 0.1) is 6.07 Å². The highest BCUT2D eigenvalue weighted by atomic mass is 16.5. The quantitative estimate of drug-likeness (QED) is 0.458. The number of carbonyl (C=O) groups excluding carboxylic acids is 2. The lowest BCUT2D eigenvalue weighted by Gasteiger charge is -2.23. The van der Waals surface area contributed by atoms with Gasteiger partial charge in [0.2, 0.25) is 5.91 Å². The molecule has 1 aromatic heterocycles. The molecule has 0 aliphatic rings. The van der Waals surface area contributed by atoms with Crippen molar-refractivity contribution in [3.05, 3.63) is 59.8 Å². The highest BCUT2D eigenvalue weighted by Gasteiger charge is 2.25. The van der Waals surface area contributed by atoms with E-state index in [1.807, 2.05) is 24.4 Å². The Morgan fingerprint density at radius 1 is 1.30 bits per heavy atom. The molecule has 0 bridgehead atoms. The van der Waals surface area contributed by atoms with E-state index < -0.39 is 12.1 Å². The molecule has 2 atom stereocenters. The lowest BCUT2D eigenvalue weighted by molar-refractivity contribution is -0.132. The van der Waals surface area contributed by atoms with Gasteiger partial charge in [0, 0.05) is 36.1 Å². The third-order valence-corrected chi connectivity index (χ3v) is 5.02. The average Bonchev–Trinajstić information content (AvgIpc) is 3.18. The number of aliphatic imine (C=N–C) groups is 1. The second kappa shape index (κ2) is 9.05. The Morgan fingerprint density at radius 2 is 2.00 bits per heavy atom. The summed E-state index contributed by atoms with van der Waals surface area (Å²) in [5, 5.41) is 9.97. The van der Waals surface area contributed by atoms with Gasteiger partial charge in [-0.15, -0.1) is 0 Å². The van der Waals surface area contributed by atoms with E-state index >= 15 is 0 Å². The van der Waals surface area contributed by atoms with Crippen LogP contribution >= 0.6 is 0 Å². The van der Waals surface area contributed by atoms with Gasteiger partial charge in [0.1, 0.15) is 29.9 Å². The van der Waals surface area contributed by atoms with Crippen LogP contribution in [-0.2, 0) is 11.2 Å². The first-order valence-corrected chi connectivity index (χ1v) is 9.42. The van der Waals surface area contributed by atoms with Gasteiger partial charge in [-0.1, -0.05) is 0 Å². The molecule has 0 radical (unpaired) electrons. The van der Waals surface area contributed by atoms with E-state index in [1.165, 1.54) is 4.90 Å². The number of nitrogens with zero attached hydrogens (tertiary/aromatic N) is 3. The minimum atomic E-state index is -0.690. The number of carbonyl (C=O) groups is 2. The number of rotatable bonds is 8. The van der Waals surface area contributed by atoms with Crippen LogP contribution in [0.1, 0.15) is 22.8 Å². The minimum Gasteiger partial charge on any atom is -0.457 e. The molecule has 30 heavy (non-hydrogen) atoms. The Hall–Kier alpha value is -3.92. The maximum atomic E-state index is 12.7. The van der Waals surface area contributed by atoms with Crippen LogP contribution in [0.15, 0.2) is 53.7 Å². The Bertz CT molecular complexity index is 1110. The Labute approximate surface area is 174 Å². The number of nitriles is 1. The number of ether oxygens (including phenoxy) is 1. The van der Waals surface area contributed by atoms with Crippen LogP contribution in [0.4, 0.5) is 0 Å². The van der Waals surface area contributed by atoms with Gasteiger partial charge in [0.25, 0.3) is 0 Å². The van der Waals surface area contributed by atoms with Crippen molar-refractivity contribution in [2.24, 2.45) is 4.99 Å². The van der Waals surface area contributed by atoms with Crippen molar-refractivity contribution in [2.75, 3.05) is 7.05 Å². The zero-order valence-corrected chi connectivity index (χ0v) is 16.8. The summed E-state index contributed by atoms with van der Waals surface area (Å²) in [6.07, 6.45) is 2.97. The lowest BCUT2D eigenvalue weighted by Crippen LogP contribution is -2.41. The van der Waals surface area contributed by atoms with E-state index in [9.17, 15) is 9.59 Å². The first kappa shape index (κ1) is 20.8. The van der Waals surface area contributed by atoms with Crippen molar-refractivity contribution >= 4 is 29.8 Å². The Morgan fingerprint density at radius 3 is 2.63 bits per heavy atom. The van der Waals surface area contributed by atoms with E-state index in [0.717, 1.165) is 22.8 Å². The van der Waals surface area contributed by atoms with Crippen LogP contribution in [0, 0.1) is 11.3 Å². The molecule has 3 rings (SSSR count). The minimum absolute atomic E-state index is 0.254. The number of fused-ring (bicyclic) bond motifs is 1. The lowest BCUT2D eigenvalue weighted by atomic mass is 10.0. The second-order valence-electron chi connectivity index (χ2n) is 6.97. The molecule has 7 nitrogen and oxygen atoms in total. The third kappa shape index (κ3) is 4.39. The monoisotopic (exact) mass is 402 g/mol. The number of aromatic amines is 1. The fraction of sp³-hybridized carbons (Fsp3) is 0.217. The predicted molar refractivity (Wildman–Crippen MR) is 115 cm³/mol. The van der Waals surface area contributed by atoms with Crippen molar-refractivity contribution in [2.45, 2.75) is 25.4 Å². The number of nitrogens with one attached hydrogen (secondary N) is 1. The van der Waals surface area contributed by atoms with Crippen molar-refractivity contribution in [1.82, 2.24) is 9.88 Å². The predicted octanol–water partition coefficient (Wildman–Crippen LogP) is 3.75. The number of hydrogen-bond donors (Lipinski definition) is 1. The molecule has 2 unspecified atom stereocenters. The fourth-order valence-electron chi connectivity index (χ4n) is 3.09. The number of aldehydes is 1. The van der Waals surface area contributed by atoms with Crippen LogP contribution in [0.25, 0.3) is 10.9 Å². The number of hydrogen-bond acceptors (Lipinski definition) is 5. The molecule has 7 heteroatoms. The molecular weight excluding hydrogens is 380 g/mol. The summed E-state index contributed by atoms with van der Waals surface area (Å²) in [5.74, 6) is 0.993. The summed E-state index contributed by atoms with van der Waals surface area (Å²) in [4.78, 5) is 32.0. The standard InChI is InChI=1S/C23H22N4O3/c1-15(12-24)27(3)23(29)22(25-2)10-17-13-26-21-9-8-19(11-20(17)21)30-18-6-4-16(14-28)5-7-18/h4-9,11,13-15,22,26H,2,10H2,1,3H3. The van der Waals surface area contributed by atoms with E-state index in [1.54, 1.807) is 38.2 Å². The molecule has 0 fully saturated rings. The molecule has 1 heterocycles. The fourth-order valence-corrected chi connectivity index (χ4v) is 3.09. The number of benzene rings is 2. The second-order valence-corrected chi connectivity index (χ2v) is 6.97. The average molecular weight is 402 g/mol. The summed E-state index contributed by atoms with van der Waals surface area (Å²) in [7, 11) is 1.59. The molecular formula is C23H22N4O3. The van der Waals surface area contributed by atoms with Crippen LogP contribution < -0.4 is 4.74 Å². The maximum Gasteiger partial charge on any atom is 0.248 e. The topological polar surface area (TPSA) is 98.5 Å². The van der Waals surface area contributed by atoms with Gasteiger partial charge in [-0.3, -0.25) is 14.6 Å². The highest BCUT2D eigenvalue weighted by Crippen LogP contribution is 2.28.